The largest absolute Gasteiger partial charge is 0.351 e. The number of likely N-dealkylation sites (tertiary alicyclic amines) is 1. The Morgan fingerprint density at radius 2 is 1.53 bits per heavy atom. The second-order valence-corrected chi connectivity index (χ2v) is 10.5. The number of halogens is 1. The number of carbonyl (C=O) groups is 3. The highest BCUT2D eigenvalue weighted by Crippen LogP contribution is 2.48. The van der Waals surface area contributed by atoms with Crippen LogP contribution < -0.4 is 10.6 Å². The minimum absolute atomic E-state index is 0.0265. The maximum atomic E-state index is 13.2. The van der Waals surface area contributed by atoms with Crippen molar-refractivity contribution in [2.24, 2.45) is 11.8 Å². The van der Waals surface area contributed by atoms with Gasteiger partial charge < -0.3 is 15.5 Å². The average molecular weight is 492 g/mol. The Kier molecular flexibility index (Phi) is 7.35. The van der Waals surface area contributed by atoms with Gasteiger partial charge >= 0.3 is 0 Å². The molecule has 2 saturated carbocycles. The Morgan fingerprint density at radius 3 is 2.25 bits per heavy atom. The molecule has 0 bridgehead atoms. The normalized spacial score (nSPS) is 27.7. The van der Waals surface area contributed by atoms with Crippen LogP contribution in [0.2, 0.25) is 0 Å². The van der Waals surface area contributed by atoms with Crippen LogP contribution in [0.4, 0.5) is 4.39 Å². The van der Waals surface area contributed by atoms with Crippen molar-refractivity contribution in [3.8, 4) is 0 Å². The highest BCUT2D eigenvalue weighted by atomic mass is 19.1. The summed E-state index contributed by atoms with van der Waals surface area (Å²) >= 11 is 0. The van der Waals surface area contributed by atoms with Gasteiger partial charge in [0.05, 0.1) is 5.92 Å². The Hall–Kier alpha value is -3.22. The fourth-order valence-electron chi connectivity index (χ4n) is 5.79. The van der Waals surface area contributed by atoms with Crippen LogP contribution in [0.25, 0.3) is 0 Å². The van der Waals surface area contributed by atoms with Gasteiger partial charge in [-0.3, -0.25) is 14.4 Å². The van der Waals surface area contributed by atoms with E-state index < -0.39 is 0 Å². The predicted octanol–water partition coefficient (Wildman–Crippen LogP) is 4.03. The minimum atomic E-state index is -0.383. The molecule has 36 heavy (non-hydrogen) atoms. The Labute approximate surface area is 211 Å². The number of benzene rings is 2. The predicted molar refractivity (Wildman–Crippen MR) is 135 cm³/mol. The van der Waals surface area contributed by atoms with E-state index in [0.29, 0.717) is 24.6 Å². The van der Waals surface area contributed by atoms with Gasteiger partial charge in [0.1, 0.15) is 5.82 Å². The van der Waals surface area contributed by atoms with E-state index in [1.165, 1.54) is 29.8 Å². The van der Waals surface area contributed by atoms with E-state index in [2.05, 4.69) is 22.8 Å². The molecule has 0 spiro atoms. The molecule has 2 N–H and O–H groups in total. The topological polar surface area (TPSA) is 78.5 Å². The molecule has 2 aromatic carbocycles. The smallest absolute Gasteiger partial charge is 0.251 e. The van der Waals surface area contributed by atoms with E-state index in [-0.39, 0.29) is 47.5 Å². The summed E-state index contributed by atoms with van der Waals surface area (Å²) < 4.78 is 13.2. The molecule has 6 nitrogen and oxygen atoms in total. The van der Waals surface area contributed by atoms with Crippen molar-refractivity contribution in [2.45, 2.75) is 62.9 Å². The van der Waals surface area contributed by atoms with E-state index in [0.717, 1.165) is 44.9 Å². The van der Waals surface area contributed by atoms with Gasteiger partial charge in [0, 0.05) is 36.7 Å². The molecule has 3 amide bonds. The molecule has 2 aromatic rings. The second kappa shape index (κ2) is 10.8. The monoisotopic (exact) mass is 491 g/mol. The minimum Gasteiger partial charge on any atom is -0.351 e. The summed E-state index contributed by atoms with van der Waals surface area (Å²) in [6, 6.07) is 15.3. The van der Waals surface area contributed by atoms with Crippen LogP contribution in [0.5, 0.6) is 0 Å². The standard InChI is InChI=1S/C29H34FN3O3/c30-22-14-12-20(13-15-22)27(34)31-25-10-4-5-11-26(25)32-28(35)21-9-6-16-33(18-21)29(36)24-17-23(24)19-7-2-1-3-8-19/h1-3,7-8,12-15,21,23-26H,4-6,9-11,16-18H2,(H,31,34)(H,32,35)/t21?,23-,24?,25+,26?/m0/s1. The number of nitrogens with zero attached hydrogens (tertiary/aromatic N) is 1. The third-order valence-corrected chi connectivity index (χ3v) is 7.96. The Morgan fingerprint density at radius 1 is 0.833 bits per heavy atom. The molecular formula is C29H34FN3O3. The molecule has 1 aliphatic heterocycles. The number of nitrogens with one attached hydrogen (secondary N) is 2. The van der Waals surface area contributed by atoms with Crippen LogP contribution in [0.1, 0.15) is 66.8 Å². The summed E-state index contributed by atoms with van der Waals surface area (Å²) in [6.45, 7) is 1.17. The van der Waals surface area contributed by atoms with Gasteiger partial charge in [-0.1, -0.05) is 43.2 Å². The zero-order valence-corrected chi connectivity index (χ0v) is 20.5. The first-order valence-corrected chi connectivity index (χ1v) is 13.2. The molecule has 7 heteroatoms. The number of rotatable bonds is 6. The average Bonchev–Trinajstić information content (AvgIpc) is 3.71. The van der Waals surface area contributed by atoms with Crippen molar-refractivity contribution in [3.63, 3.8) is 0 Å². The van der Waals surface area contributed by atoms with E-state index in [1.54, 1.807) is 0 Å². The van der Waals surface area contributed by atoms with Crippen molar-refractivity contribution in [1.29, 1.82) is 0 Å². The Bertz CT molecular complexity index is 1090. The SMILES string of the molecule is O=C(N[C@@H]1CCCCC1NC(=O)C1CCCN(C(=O)C2C[C@H]2c2ccccc2)C1)c1ccc(F)cc1. The maximum absolute atomic E-state index is 13.2. The zero-order valence-electron chi connectivity index (χ0n) is 20.5. The van der Waals surface area contributed by atoms with Crippen molar-refractivity contribution in [3.05, 3.63) is 71.5 Å². The fourth-order valence-corrected chi connectivity index (χ4v) is 5.79. The quantitative estimate of drug-likeness (QED) is 0.641. The first-order valence-electron chi connectivity index (χ1n) is 13.2. The van der Waals surface area contributed by atoms with Gasteiger partial charge in [0.2, 0.25) is 11.8 Å². The van der Waals surface area contributed by atoms with Gasteiger partial charge in [-0.25, -0.2) is 4.39 Å². The summed E-state index contributed by atoms with van der Waals surface area (Å²) in [4.78, 5) is 41.0. The van der Waals surface area contributed by atoms with Crippen molar-refractivity contribution in [1.82, 2.24) is 15.5 Å². The van der Waals surface area contributed by atoms with Crippen molar-refractivity contribution >= 4 is 17.7 Å². The first kappa shape index (κ1) is 24.5. The molecule has 5 rings (SSSR count). The van der Waals surface area contributed by atoms with Crippen LogP contribution in [0.3, 0.4) is 0 Å². The lowest BCUT2D eigenvalue weighted by Crippen LogP contribution is -2.55. The molecule has 3 unspecified atom stereocenters. The molecule has 3 fully saturated rings. The summed E-state index contributed by atoms with van der Waals surface area (Å²) in [5.41, 5.74) is 1.62. The molecule has 5 atom stereocenters. The van der Waals surface area contributed by atoms with Crippen LogP contribution in [-0.2, 0) is 9.59 Å². The second-order valence-electron chi connectivity index (χ2n) is 10.5. The van der Waals surface area contributed by atoms with Crippen LogP contribution in [0, 0.1) is 17.7 Å². The molecular weight excluding hydrogens is 457 g/mol. The number of hydrogen-bond acceptors (Lipinski definition) is 3. The highest BCUT2D eigenvalue weighted by molar-refractivity contribution is 5.94. The number of amides is 3. The van der Waals surface area contributed by atoms with E-state index >= 15 is 0 Å². The van der Waals surface area contributed by atoms with E-state index in [4.69, 9.17) is 0 Å². The van der Waals surface area contributed by atoms with Crippen molar-refractivity contribution in [2.75, 3.05) is 13.1 Å². The fraction of sp³-hybridized carbons (Fsp3) is 0.483. The molecule has 1 heterocycles. The molecule has 1 saturated heterocycles. The molecule has 190 valence electrons. The van der Waals surface area contributed by atoms with E-state index in [1.807, 2.05) is 23.1 Å². The third kappa shape index (κ3) is 5.61. The summed E-state index contributed by atoms with van der Waals surface area (Å²) in [6.07, 6.45) is 6.03. The van der Waals surface area contributed by atoms with Crippen molar-refractivity contribution < 1.29 is 18.8 Å². The first-order chi connectivity index (χ1) is 17.5. The molecule has 0 radical (unpaired) electrons. The zero-order chi connectivity index (χ0) is 25.1. The lowest BCUT2D eigenvalue weighted by atomic mass is 9.88. The van der Waals surface area contributed by atoms with Gasteiger partial charge in [-0.05, 0) is 67.9 Å². The highest BCUT2D eigenvalue weighted by Gasteiger charge is 2.46. The van der Waals surface area contributed by atoms with Gasteiger partial charge in [-0.2, -0.15) is 0 Å². The summed E-state index contributed by atoms with van der Waals surface area (Å²) in [5.74, 6) is -0.412. The van der Waals surface area contributed by atoms with Crippen LogP contribution >= 0.6 is 0 Å². The molecule has 0 aromatic heterocycles. The number of hydrogen-bond donors (Lipinski definition) is 2. The third-order valence-electron chi connectivity index (χ3n) is 7.96. The Balaban J connectivity index is 1.16. The molecule has 2 aliphatic carbocycles. The van der Waals surface area contributed by atoms with Gasteiger partial charge in [-0.15, -0.1) is 0 Å². The van der Waals surface area contributed by atoms with Crippen LogP contribution in [-0.4, -0.2) is 47.8 Å². The van der Waals surface area contributed by atoms with Gasteiger partial charge in [0.25, 0.3) is 5.91 Å². The summed E-state index contributed by atoms with van der Waals surface area (Å²) in [7, 11) is 0. The number of piperidine rings is 1. The lowest BCUT2D eigenvalue weighted by molar-refractivity contribution is -0.137. The van der Waals surface area contributed by atoms with Gasteiger partial charge in [0.15, 0.2) is 0 Å². The summed E-state index contributed by atoms with van der Waals surface area (Å²) in [5, 5.41) is 6.23. The van der Waals surface area contributed by atoms with E-state index in [9.17, 15) is 18.8 Å². The number of carbonyl (C=O) groups excluding carboxylic acids is 3. The van der Waals surface area contributed by atoms with Crippen LogP contribution in [0.15, 0.2) is 54.6 Å². The lowest BCUT2D eigenvalue weighted by Gasteiger charge is -2.36. The molecule has 3 aliphatic rings. The maximum Gasteiger partial charge on any atom is 0.251 e.